The minimum absolute atomic E-state index is 0.00462. The van der Waals surface area contributed by atoms with Gasteiger partial charge in [0.05, 0.1) is 5.69 Å². The fourth-order valence-electron chi connectivity index (χ4n) is 1.21. The average molecular weight is 266 g/mol. The molecule has 0 heterocycles. The first-order valence-corrected chi connectivity index (χ1v) is 5.16. The number of para-hydroxylation sites is 1. The van der Waals surface area contributed by atoms with Gasteiger partial charge in [0.25, 0.3) is 5.91 Å². The summed E-state index contributed by atoms with van der Waals surface area (Å²) < 4.78 is 13.4. The minimum atomic E-state index is -1.31. The van der Waals surface area contributed by atoms with Gasteiger partial charge in [0.15, 0.2) is 0 Å². The van der Waals surface area contributed by atoms with Crippen LogP contribution in [0.3, 0.4) is 0 Å². The van der Waals surface area contributed by atoms with Gasteiger partial charge in [0.2, 0.25) is 0 Å². The number of benzene rings is 1. The fraction of sp³-hybridized carbons (Fsp3) is 0.0833. The van der Waals surface area contributed by atoms with Gasteiger partial charge in [-0.25, -0.2) is 14.0 Å². The Kier molecular flexibility index (Phi) is 4.76. The van der Waals surface area contributed by atoms with Crippen molar-refractivity contribution in [2.24, 2.45) is 0 Å². The molecule has 1 aromatic carbocycles. The summed E-state index contributed by atoms with van der Waals surface area (Å²) in [5, 5.41) is 10.2. The first kappa shape index (κ1) is 14.4. The SMILES string of the molecule is CN(C(=O)NC(=O)C=CC(=O)O)c1ccccc1F. The lowest BCUT2D eigenvalue weighted by molar-refractivity contribution is -0.131. The number of amides is 3. The number of hydrogen-bond acceptors (Lipinski definition) is 3. The molecule has 0 unspecified atom stereocenters. The number of nitrogens with one attached hydrogen (secondary N) is 1. The van der Waals surface area contributed by atoms with E-state index in [1.807, 2.05) is 5.32 Å². The number of carbonyl (C=O) groups is 3. The number of carbonyl (C=O) groups excluding carboxylic acids is 2. The largest absolute Gasteiger partial charge is 0.478 e. The lowest BCUT2D eigenvalue weighted by Crippen LogP contribution is -2.40. The van der Waals surface area contributed by atoms with Crippen LogP contribution >= 0.6 is 0 Å². The first-order chi connectivity index (χ1) is 8.91. The van der Waals surface area contributed by atoms with Gasteiger partial charge in [-0.2, -0.15) is 0 Å². The summed E-state index contributed by atoms with van der Waals surface area (Å²) in [7, 11) is 1.28. The highest BCUT2D eigenvalue weighted by Gasteiger charge is 2.15. The lowest BCUT2D eigenvalue weighted by Gasteiger charge is -2.17. The van der Waals surface area contributed by atoms with Crippen molar-refractivity contribution >= 4 is 23.6 Å². The Labute approximate surface area is 108 Å². The zero-order valence-electron chi connectivity index (χ0n) is 9.96. The lowest BCUT2D eigenvalue weighted by atomic mass is 10.3. The van der Waals surface area contributed by atoms with Gasteiger partial charge in [-0.05, 0) is 12.1 Å². The summed E-state index contributed by atoms with van der Waals surface area (Å²) in [4.78, 5) is 33.9. The van der Waals surface area contributed by atoms with Gasteiger partial charge >= 0.3 is 12.0 Å². The molecule has 7 heteroatoms. The summed E-state index contributed by atoms with van der Waals surface area (Å²) in [6, 6.07) is 4.67. The molecule has 0 aromatic heterocycles. The van der Waals surface area contributed by atoms with E-state index >= 15 is 0 Å². The van der Waals surface area contributed by atoms with Crippen LogP contribution in [0.25, 0.3) is 0 Å². The molecule has 0 radical (unpaired) electrons. The molecule has 1 rings (SSSR count). The van der Waals surface area contributed by atoms with Crippen LogP contribution in [0.4, 0.5) is 14.9 Å². The van der Waals surface area contributed by atoms with Gasteiger partial charge in [0, 0.05) is 19.2 Å². The van der Waals surface area contributed by atoms with E-state index in [9.17, 15) is 18.8 Å². The van der Waals surface area contributed by atoms with Crippen LogP contribution in [0, 0.1) is 5.82 Å². The summed E-state index contributed by atoms with van der Waals surface area (Å²) in [5.41, 5.74) is -0.00462. The Morgan fingerprint density at radius 1 is 1.26 bits per heavy atom. The molecule has 0 fully saturated rings. The van der Waals surface area contributed by atoms with Crippen molar-refractivity contribution < 1.29 is 23.9 Å². The number of rotatable bonds is 3. The second-order valence-electron chi connectivity index (χ2n) is 3.48. The van der Waals surface area contributed by atoms with E-state index in [2.05, 4.69) is 0 Å². The van der Waals surface area contributed by atoms with Crippen LogP contribution in [-0.4, -0.2) is 30.1 Å². The van der Waals surface area contributed by atoms with Gasteiger partial charge < -0.3 is 5.11 Å². The van der Waals surface area contributed by atoms with Gasteiger partial charge in [-0.3, -0.25) is 15.0 Å². The van der Waals surface area contributed by atoms with E-state index in [0.717, 1.165) is 4.90 Å². The van der Waals surface area contributed by atoms with Crippen LogP contribution in [0.15, 0.2) is 36.4 Å². The average Bonchev–Trinajstić information content (AvgIpc) is 2.36. The van der Waals surface area contributed by atoms with Gasteiger partial charge in [-0.1, -0.05) is 12.1 Å². The number of nitrogens with zero attached hydrogens (tertiary/aromatic N) is 1. The number of anilines is 1. The van der Waals surface area contributed by atoms with Crippen LogP contribution in [0.5, 0.6) is 0 Å². The van der Waals surface area contributed by atoms with Crippen molar-refractivity contribution in [2.75, 3.05) is 11.9 Å². The first-order valence-electron chi connectivity index (χ1n) is 5.16. The molecule has 0 aliphatic heterocycles. The second-order valence-corrected chi connectivity index (χ2v) is 3.48. The Morgan fingerprint density at radius 2 is 1.89 bits per heavy atom. The number of halogens is 1. The van der Waals surface area contributed by atoms with E-state index in [1.165, 1.54) is 31.3 Å². The molecule has 0 aliphatic rings. The third kappa shape index (κ3) is 4.23. The van der Waals surface area contributed by atoms with Gasteiger partial charge in [-0.15, -0.1) is 0 Å². The third-order valence-electron chi connectivity index (χ3n) is 2.13. The van der Waals surface area contributed by atoms with E-state index in [0.29, 0.717) is 12.2 Å². The standard InChI is InChI=1S/C12H11FN2O4/c1-15(9-5-3-2-4-8(9)13)12(19)14-10(16)6-7-11(17)18/h2-7H,1H3,(H,17,18)(H,14,16,19). The minimum Gasteiger partial charge on any atom is -0.478 e. The number of imide groups is 1. The fourth-order valence-corrected chi connectivity index (χ4v) is 1.21. The molecule has 100 valence electrons. The maximum Gasteiger partial charge on any atom is 0.328 e. The molecular weight excluding hydrogens is 255 g/mol. The van der Waals surface area contributed by atoms with E-state index in [-0.39, 0.29) is 5.69 Å². The van der Waals surface area contributed by atoms with Gasteiger partial charge in [0.1, 0.15) is 5.82 Å². The van der Waals surface area contributed by atoms with Crippen molar-refractivity contribution in [1.29, 1.82) is 0 Å². The summed E-state index contributed by atoms with van der Waals surface area (Å²) in [6.45, 7) is 0. The van der Waals surface area contributed by atoms with E-state index in [1.54, 1.807) is 0 Å². The molecule has 0 spiro atoms. The molecule has 0 aliphatic carbocycles. The number of hydrogen-bond donors (Lipinski definition) is 2. The zero-order chi connectivity index (χ0) is 14.4. The number of carboxylic acids is 1. The molecule has 6 nitrogen and oxygen atoms in total. The molecule has 0 bridgehead atoms. The van der Waals surface area contributed by atoms with Crippen LogP contribution in [0.1, 0.15) is 0 Å². The van der Waals surface area contributed by atoms with Crippen LogP contribution < -0.4 is 10.2 Å². The molecule has 1 aromatic rings. The highest BCUT2D eigenvalue weighted by molar-refractivity contribution is 6.07. The molecule has 0 saturated carbocycles. The highest BCUT2D eigenvalue weighted by Crippen LogP contribution is 2.16. The maximum absolute atomic E-state index is 13.4. The zero-order valence-corrected chi connectivity index (χ0v) is 9.96. The Balaban J connectivity index is 2.71. The smallest absolute Gasteiger partial charge is 0.328 e. The van der Waals surface area contributed by atoms with E-state index < -0.39 is 23.7 Å². The number of urea groups is 1. The number of carboxylic acid groups (broad SMARTS) is 1. The third-order valence-corrected chi connectivity index (χ3v) is 2.13. The normalized spacial score (nSPS) is 10.2. The van der Waals surface area contributed by atoms with Crippen molar-refractivity contribution in [2.45, 2.75) is 0 Å². The van der Waals surface area contributed by atoms with Crippen molar-refractivity contribution in [1.82, 2.24) is 5.32 Å². The topological polar surface area (TPSA) is 86.7 Å². The molecule has 19 heavy (non-hydrogen) atoms. The predicted octanol–water partition coefficient (Wildman–Crippen LogP) is 1.14. The Hall–Kier alpha value is -2.70. The van der Waals surface area contributed by atoms with E-state index in [4.69, 9.17) is 5.11 Å². The highest BCUT2D eigenvalue weighted by atomic mass is 19.1. The molecule has 0 atom stereocenters. The quantitative estimate of drug-likeness (QED) is 0.803. The number of aliphatic carboxylic acids is 1. The molecule has 2 N–H and O–H groups in total. The second kappa shape index (κ2) is 6.29. The molecule has 0 saturated heterocycles. The van der Waals surface area contributed by atoms with Crippen molar-refractivity contribution in [3.8, 4) is 0 Å². The predicted molar refractivity (Wildman–Crippen MR) is 65.1 cm³/mol. The maximum atomic E-state index is 13.4. The van der Waals surface area contributed by atoms with Crippen LogP contribution in [0.2, 0.25) is 0 Å². The Bertz CT molecular complexity index is 542. The summed E-state index contributed by atoms with van der Waals surface area (Å²) in [5.74, 6) is -2.84. The monoisotopic (exact) mass is 266 g/mol. The molecular formula is C12H11FN2O4. The van der Waals surface area contributed by atoms with Crippen molar-refractivity contribution in [3.05, 3.63) is 42.2 Å². The Morgan fingerprint density at radius 3 is 2.47 bits per heavy atom. The van der Waals surface area contributed by atoms with Crippen molar-refractivity contribution in [3.63, 3.8) is 0 Å². The summed E-state index contributed by atoms with van der Waals surface area (Å²) >= 11 is 0. The summed E-state index contributed by atoms with van der Waals surface area (Å²) in [6.07, 6.45) is 1.28. The molecule has 3 amide bonds. The van der Waals surface area contributed by atoms with Crippen LogP contribution in [-0.2, 0) is 9.59 Å².